The molecular formula is C21H22N6OS2. The Morgan fingerprint density at radius 3 is 2.73 bits per heavy atom. The SMILES string of the molecule is O=c1[nH]c(CSc2nnc(CN3CCCC3)n2Cc2ccccc2)nc2ccsc12. The van der Waals surface area contributed by atoms with Crippen LogP contribution in [0.3, 0.4) is 0 Å². The molecule has 0 saturated carbocycles. The Morgan fingerprint density at radius 2 is 1.90 bits per heavy atom. The highest BCUT2D eigenvalue weighted by molar-refractivity contribution is 7.98. The number of H-pyrrole nitrogens is 1. The van der Waals surface area contributed by atoms with Crippen LogP contribution >= 0.6 is 23.1 Å². The first-order valence-corrected chi connectivity index (χ1v) is 11.9. The van der Waals surface area contributed by atoms with Gasteiger partial charge >= 0.3 is 0 Å². The van der Waals surface area contributed by atoms with Gasteiger partial charge in [-0.2, -0.15) is 0 Å². The van der Waals surface area contributed by atoms with Gasteiger partial charge in [0, 0.05) is 0 Å². The smallest absolute Gasteiger partial charge is 0.268 e. The van der Waals surface area contributed by atoms with E-state index < -0.39 is 0 Å². The van der Waals surface area contributed by atoms with E-state index in [2.05, 4.69) is 53.9 Å². The first-order valence-electron chi connectivity index (χ1n) is 10.0. The predicted molar refractivity (Wildman–Crippen MR) is 120 cm³/mol. The van der Waals surface area contributed by atoms with Crippen LogP contribution in [0.4, 0.5) is 0 Å². The van der Waals surface area contributed by atoms with Crippen molar-refractivity contribution in [1.82, 2.24) is 29.6 Å². The number of likely N-dealkylation sites (tertiary alicyclic amines) is 1. The van der Waals surface area contributed by atoms with E-state index in [9.17, 15) is 4.79 Å². The van der Waals surface area contributed by atoms with Gasteiger partial charge in [-0.05, 0) is 42.9 Å². The fraction of sp³-hybridized carbons (Fsp3) is 0.333. The first-order chi connectivity index (χ1) is 14.8. The Morgan fingerprint density at radius 1 is 1.07 bits per heavy atom. The Labute approximate surface area is 182 Å². The molecule has 1 N–H and O–H groups in total. The number of aromatic nitrogens is 5. The van der Waals surface area contributed by atoms with Gasteiger partial charge in [0.2, 0.25) is 0 Å². The van der Waals surface area contributed by atoms with Gasteiger partial charge in [0.15, 0.2) is 5.16 Å². The summed E-state index contributed by atoms with van der Waals surface area (Å²) in [6.45, 7) is 3.78. The zero-order valence-electron chi connectivity index (χ0n) is 16.5. The lowest BCUT2D eigenvalue weighted by molar-refractivity contribution is 0.316. The van der Waals surface area contributed by atoms with E-state index in [0.29, 0.717) is 16.3 Å². The number of fused-ring (bicyclic) bond motifs is 1. The van der Waals surface area contributed by atoms with Crippen LogP contribution in [0.15, 0.2) is 51.7 Å². The molecule has 154 valence electrons. The highest BCUT2D eigenvalue weighted by Gasteiger charge is 2.19. The minimum absolute atomic E-state index is 0.0777. The largest absolute Gasteiger partial charge is 0.309 e. The molecule has 1 aliphatic heterocycles. The van der Waals surface area contributed by atoms with Gasteiger partial charge in [0.25, 0.3) is 5.56 Å². The van der Waals surface area contributed by atoms with E-state index in [1.54, 1.807) is 11.8 Å². The Bertz CT molecular complexity index is 1190. The van der Waals surface area contributed by atoms with Crippen molar-refractivity contribution < 1.29 is 0 Å². The molecule has 1 aliphatic rings. The number of thioether (sulfide) groups is 1. The van der Waals surface area contributed by atoms with Crippen molar-refractivity contribution in [3.05, 3.63) is 69.3 Å². The van der Waals surface area contributed by atoms with Crippen LogP contribution in [-0.2, 0) is 18.8 Å². The Hall–Kier alpha value is -2.49. The summed E-state index contributed by atoms with van der Waals surface area (Å²) in [6.07, 6.45) is 2.50. The Kier molecular flexibility index (Phi) is 5.65. The minimum atomic E-state index is -0.0777. The second-order valence-electron chi connectivity index (χ2n) is 7.39. The molecule has 0 radical (unpaired) electrons. The van der Waals surface area contributed by atoms with E-state index >= 15 is 0 Å². The predicted octanol–water partition coefficient (Wildman–Crippen LogP) is 3.51. The summed E-state index contributed by atoms with van der Waals surface area (Å²) in [5.41, 5.74) is 1.89. The van der Waals surface area contributed by atoms with E-state index in [1.807, 2.05) is 17.5 Å². The summed E-state index contributed by atoms with van der Waals surface area (Å²) in [5.74, 6) is 2.18. The molecule has 5 rings (SSSR count). The van der Waals surface area contributed by atoms with Crippen molar-refractivity contribution >= 4 is 33.3 Å². The average molecular weight is 439 g/mol. The van der Waals surface area contributed by atoms with Gasteiger partial charge < -0.3 is 9.55 Å². The van der Waals surface area contributed by atoms with Crippen LogP contribution in [0.2, 0.25) is 0 Å². The Balaban J connectivity index is 1.39. The molecule has 4 aromatic rings. The van der Waals surface area contributed by atoms with Gasteiger partial charge in [-0.15, -0.1) is 21.5 Å². The minimum Gasteiger partial charge on any atom is -0.309 e. The molecule has 0 unspecified atom stereocenters. The number of hydrogen-bond donors (Lipinski definition) is 1. The summed E-state index contributed by atoms with van der Waals surface area (Å²) in [5, 5.41) is 11.7. The molecule has 9 heteroatoms. The van der Waals surface area contributed by atoms with Gasteiger partial charge in [-0.3, -0.25) is 9.69 Å². The number of hydrogen-bond acceptors (Lipinski definition) is 7. The summed E-state index contributed by atoms with van der Waals surface area (Å²) in [4.78, 5) is 22.2. The van der Waals surface area contributed by atoms with E-state index in [-0.39, 0.29) is 5.56 Å². The average Bonchev–Trinajstić information content (AvgIpc) is 3.50. The van der Waals surface area contributed by atoms with Crippen molar-refractivity contribution in [1.29, 1.82) is 0 Å². The molecule has 4 heterocycles. The maximum Gasteiger partial charge on any atom is 0.268 e. The number of rotatable bonds is 7. The molecule has 30 heavy (non-hydrogen) atoms. The maximum absolute atomic E-state index is 12.2. The molecule has 0 bridgehead atoms. The van der Waals surface area contributed by atoms with Crippen molar-refractivity contribution in [2.45, 2.75) is 36.8 Å². The van der Waals surface area contributed by atoms with Gasteiger partial charge in [-0.1, -0.05) is 42.1 Å². The van der Waals surface area contributed by atoms with Crippen LogP contribution < -0.4 is 5.56 Å². The van der Waals surface area contributed by atoms with Gasteiger partial charge in [0.1, 0.15) is 16.3 Å². The van der Waals surface area contributed by atoms with Crippen LogP contribution in [0, 0.1) is 0 Å². The quantitative estimate of drug-likeness (QED) is 0.445. The van der Waals surface area contributed by atoms with Gasteiger partial charge in [-0.25, -0.2) is 4.98 Å². The zero-order chi connectivity index (χ0) is 20.3. The van der Waals surface area contributed by atoms with Crippen LogP contribution in [0.25, 0.3) is 10.2 Å². The third kappa shape index (κ3) is 4.19. The second kappa shape index (κ2) is 8.71. The lowest BCUT2D eigenvalue weighted by atomic mass is 10.2. The number of nitrogens with one attached hydrogen (secondary N) is 1. The summed E-state index contributed by atoms with van der Waals surface area (Å²) >= 11 is 2.97. The fourth-order valence-corrected chi connectivity index (χ4v) is 5.28. The second-order valence-corrected chi connectivity index (χ2v) is 9.25. The molecule has 3 aromatic heterocycles. The topological polar surface area (TPSA) is 79.7 Å². The molecule has 0 aliphatic carbocycles. The highest BCUT2D eigenvalue weighted by Crippen LogP contribution is 2.24. The van der Waals surface area contributed by atoms with Crippen molar-refractivity contribution in [3.63, 3.8) is 0 Å². The lowest BCUT2D eigenvalue weighted by Gasteiger charge is -2.16. The molecule has 0 amide bonds. The van der Waals surface area contributed by atoms with Crippen molar-refractivity contribution in [2.24, 2.45) is 0 Å². The third-order valence-corrected chi connectivity index (χ3v) is 7.12. The molecular weight excluding hydrogens is 416 g/mol. The van der Waals surface area contributed by atoms with E-state index in [0.717, 1.165) is 42.7 Å². The monoisotopic (exact) mass is 438 g/mol. The normalized spacial score (nSPS) is 14.7. The molecule has 1 aromatic carbocycles. The van der Waals surface area contributed by atoms with Gasteiger partial charge in [0.05, 0.1) is 24.4 Å². The van der Waals surface area contributed by atoms with Crippen molar-refractivity contribution in [3.8, 4) is 0 Å². The number of aromatic amines is 1. The molecule has 1 saturated heterocycles. The molecule has 7 nitrogen and oxygen atoms in total. The number of benzene rings is 1. The first kappa shape index (κ1) is 19.5. The van der Waals surface area contributed by atoms with E-state index in [4.69, 9.17) is 0 Å². The molecule has 0 spiro atoms. The van der Waals surface area contributed by atoms with Crippen molar-refractivity contribution in [2.75, 3.05) is 13.1 Å². The molecule has 0 atom stereocenters. The standard InChI is InChI=1S/C21H22N6OS2/c28-20-19-16(8-11-29-19)22-17(23-20)14-30-21-25-24-18(13-26-9-4-5-10-26)27(21)12-15-6-2-1-3-7-15/h1-3,6-8,11H,4-5,9-10,12-14H2,(H,22,23,28). The van der Waals surface area contributed by atoms with E-state index in [1.165, 1.54) is 29.7 Å². The third-order valence-electron chi connectivity index (χ3n) is 5.24. The lowest BCUT2D eigenvalue weighted by Crippen LogP contribution is -2.21. The summed E-state index contributed by atoms with van der Waals surface area (Å²) < 4.78 is 2.86. The number of thiophene rings is 1. The number of nitrogens with zero attached hydrogens (tertiary/aromatic N) is 5. The zero-order valence-corrected chi connectivity index (χ0v) is 18.1. The van der Waals surface area contributed by atoms with Crippen LogP contribution in [-0.4, -0.2) is 42.7 Å². The van der Waals surface area contributed by atoms with Crippen LogP contribution in [0.5, 0.6) is 0 Å². The summed E-state index contributed by atoms with van der Waals surface area (Å²) in [6, 6.07) is 12.3. The summed E-state index contributed by atoms with van der Waals surface area (Å²) in [7, 11) is 0. The highest BCUT2D eigenvalue weighted by atomic mass is 32.2. The maximum atomic E-state index is 12.2. The van der Waals surface area contributed by atoms with Crippen LogP contribution in [0.1, 0.15) is 30.1 Å². The molecule has 1 fully saturated rings. The fourth-order valence-electron chi connectivity index (χ4n) is 3.73.